The molecule has 2 aliphatic heterocycles. The van der Waals surface area contributed by atoms with Crippen LogP contribution < -0.4 is 25.7 Å². The number of aromatic nitrogens is 3. The molecule has 3 aliphatic rings. The molecule has 1 N–H and O–H groups in total. The first-order valence-corrected chi connectivity index (χ1v) is 16.6. The summed E-state index contributed by atoms with van der Waals surface area (Å²) in [5.74, 6) is -2.99. The molecule has 0 spiro atoms. The average molecular weight is 673 g/mol. The minimum absolute atomic E-state index is 0. The van der Waals surface area contributed by atoms with Crippen LogP contribution in [0, 0.1) is 44.4 Å². The van der Waals surface area contributed by atoms with E-state index >= 15 is 0 Å². The van der Waals surface area contributed by atoms with Crippen molar-refractivity contribution in [3.05, 3.63) is 90.1 Å². The predicted molar refractivity (Wildman–Crippen MR) is 193 cm³/mol. The third-order valence-corrected chi connectivity index (χ3v) is 9.41. The predicted octanol–water partition coefficient (Wildman–Crippen LogP) is 5.18. The van der Waals surface area contributed by atoms with E-state index in [4.69, 9.17) is 25.0 Å². The fraction of sp³-hybridized carbons (Fsp3) is 0.410. The number of carboxylic acids is 1. The van der Waals surface area contributed by atoms with Crippen molar-refractivity contribution in [3.63, 3.8) is 0 Å². The third-order valence-electron chi connectivity index (χ3n) is 9.41. The Hall–Kier alpha value is -4.02. The molecule has 0 unspecified atom stereocenters. The summed E-state index contributed by atoms with van der Waals surface area (Å²) in [6.07, 6.45) is 8.51. The number of nitrogens with zero attached hydrogens (tertiary/aromatic N) is 4. The molecular formula is C39H44MgN4O5-2. The van der Waals surface area contributed by atoms with Gasteiger partial charge in [0, 0.05) is 12.0 Å². The van der Waals surface area contributed by atoms with Gasteiger partial charge in [0.25, 0.3) is 0 Å². The van der Waals surface area contributed by atoms with E-state index in [0.717, 1.165) is 56.7 Å². The average Bonchev–Trinajstić information content (AvgIpc) is 3.76. The molecule has 10 heteroatoms. The number of ketones is 1. The molecular weight excluding hydrogens is 629 g/mol. The van der Waals surface area contributed by atoms with Crippen LogP contribution in [0.15, 0.2) is 18.0 Å². The molecule has 6 rings (SSSR count). The fourth-order valence-corrected chi connectivity index (χ4v) is 6.93. The van der Waals surface area contributed by atoms with Crippen molar-refractivity contribution in [2.24, 2.45) is 23.7 Å². The number of hydrogen-bond donors (Lipinski definition) is 1. The Morgan fingerprint density at radius 3 is 2.20 bits per heavy atom. The number of carbonyl (C=O) groups excluding carboxylic acids is 2. The van der Waals surface area contributed by atoms with Crippen LogP contribution in [0.1, 0.15) is 108 Å². The van der Waals surface area contributed by atoms with Gasteiger partial charge in [-0.15, -0.1) is 33.5 Å². The molecule has 8 bridgehead atoms. The molecule has 1 aliphatic carbocycles. The number of methoxy groups -OCH3 is 1. The van der Waals surface area contributed by atoms with Gasteiger partial charge in [0.05, 0.1) is 7.11 Å². The van der Waals surface area contributed by atoms with Crippen LogP contribution in [0.4, 0.5) is 0 Å². The third kappa shape index (κ3) is 6.77. The first-order valence-electron chi connectivity index (χ1n) is 16.6. The summed E-state index contributed by atoms with van der Waals surface area (Å²) in [5, 5.41) is 16.2. The van der Waals surface area contributed by atoms with E-state index in [0.29, 0.717) is 39.5 Å². The number of carbonyl (C=O) groups is 3. The Morgan fingerprint density at radius 1 is 0.980 bits per heavy atom. The van der Waals surface area contributed by atoms with Crippen LogP contribution in [-0.4, -0.2) is 53.0 Å². The van der Waals surface area contributed by atoms with Crippen molar-refractivity contribution in [3.8, 4) is 0 Å². The van der Waals surface area contributed by atoms with Crippen LogP contribution in [0.2, 0.25) is 0 Å². The van der Waals surface area contributed by atoms with E-state index in [2.05, 4.69) is 34.3 Å². The van der Waals surface area contributed by atoms with Crippen molar-refractivity contribution < 1.29 is 24.2 Å². The Morgan fingerprint density at radius 2 is 1.61 bits per heavy atom. The quantitative estimate of drug-likeness (QED) is 0.215. The van der Waals surface area contributed by atoms with Gasteiger partial charge in [-0.05, 0) is 56.9 Å². The smallest absolute Gasteiger partial charge is 0.664 e. The zero-order valence-electron chi connectivity index (χ0n) is 30.0. The summed E-state index contributed by atoms with van der Waals surface area (Å²) in [7, 11) is 1.25. The number of fused-ring (bicyclic) bond motifs is 7. The molecule has 1 saturated heterocycles. The van der Waals surface area contributed by atoms with E-state index < -0.39 is 17.9 Å². The van der Waals surface area contributed by atoms with Gasteiger partial charge in [-0.25, -0.2) is 0 Å². The molecule has 0 saturated carbocycles. The summed E-state index contributed by atoms with van der Waals surface area (Å²) in [6.45, 7) is 20.5. The Balaban J connectivity index is 0.00000103. The zero-order chi connectivity index (χ0) is 35.2. The molecule has 5 heterocycles. The van der Waals surface area contributed by atoms with Gasteiger partial charge in [-0.3, -0.25) is 14.4 Å². The van der Waals surface area contributed by atoms with Gasteiger partial charge < -0.3 is 30.1 Å². The summed E-state index contributed by atoms with van der Waals surface area (Å²) in [4.78, 5) is 53.8. The number of Topliss-reactive ketones (excluding diaryl/α,β-unsaturated/α-hetero) is 1. The Kier molecular flexibility index (Phi) is 11.4. The largest absolute Gasteiger partial charge is 2.00 e. The number of allylic oxidation sites excluding steroid dienone is 2. The van der Waals surface area contributed by atoms with Gasteiger partial charge in [-0.2, -0.15) is 11.4 Å². The first kappa shape index (κ1) is 37.8. The molecule has 0 amide bonds. The number of esters is 1. The normalized spacial score (nSPS) is 22.8. The van der Waals surface area contributed by atoms with Crippen molar-refractivity contribution in [2.45, 2.75) is 74.7 Å². The molecule has 0 aromatic carbocycles. The van der Waals surface area contributed by atoms with E-state index in [9.17, 15) is 19.5 Å². The second kappa shape index (κ2) is 14.8. The Bertz CT molecular complexity index is 2020. The standard InChI is InChI=1S/C35H36N4O5.C4H10.Mg/c1-8-19-15(3)22-12-24-17(5)21(10-11-28(40)41)32(38-24)30-31(35(43)44-7)34(42)29-18(6)25(39-33(29)30)14-27-20(9-2)16(4)23(37-27)13-26(19)36-22;1-4(2)3;/h8,12-14,17,21,31H,1,9-11H2,2-7H3,(H3,38,39,40,41,42);4H,1-3H3;/q-2;;+2/p-2/b23-13-,24-12-,27-14-;;/t17-,21-,31+;;/m0../s1. The molecule has 0 radical (unpaired) electrons. The minimum Gasteiger partial charge on any atom is -0.664 e. The molecule has 254 valence electrons. The first-order chi connectivity index (χ1) is 22.7. The maximum Gasteiger partial charge on any atom is 2.00 e. The molecule has 1 fully saturated rings. The van der Waals surface area contributed by atoms with Gasteiger partial charge in [0.15, 0.2) is 5.78 Å². The summed E-state index contributed by atoms with van der Waals surface area (Å²) in [5.41, 5.74) is 9.03. The number of ether oxygens (including phenoxy) is 1. The molecule has 49 heavy (non-hydrogen) atoms. The summed E-state index contributed by atoms with van der Waals surface area (Å²) < 4.78 is 5.11. The topological polar surface area (TPSA) is 137 Å². The van der Waals surface area contributed by atoms with Crippen LogP contribution in [0.3, 0.4) is 0 Å². The van der Waals surface area contributed by atoms with Crippen LogP contribution in [0.25, 0.3) is 35.2 Å². The van der Waals surface area contributed by atoms with Gasteiger partial charge >= 0.3 is 35.0 Å². The minimum atomic E-state index is -1.23. The van der Waals surface area contributed by atoms with Crippen molar-refractivity contribution in [2.75, 3.05) is 7.11 Å². The zero-order valence-corrected chi connectivity index (χ0v) is 31.4. The molecule has 3 aromatic rings. The van der Waals surface area contributed by atoms with Crippen molar-refractivity contribution in [1.29, 1.82) is 0 Å². The number of rotatable bonds is 6. The van der Waals surface area contributed by atoms with Crippen LogP contribution in [0.5, 0.6) is 0 Å². The van der Waals surface area contributed by atoms with E-state index in [1.807, 2.05) is 45.9 Å². The number of aliphatic carboxylic acids is 1. The second-order valence-corrected chi connectivity index (χ2v) is 13.5. The maximum atomic E-state index is 14.0. The second-order valence-electron chi connectivity index (χ2n) is 13.5. The monoisotopic (exact) mass is 672 g/mol. The van der Waals surface area contributed by atoms with Crippen LogP contribution in [-0.2, 0) is 20.7 Å². The van der Waals surface area contributed by atoms with E-state index in [-0.39, 0.29) is 53.5 Å². The maximum absolute atomic E-state index is 14.0. The van der Waals surface area contributed by atoms with Crippen molar-refractivity contribution >= 4 is 70.7 Å². The van der Waals surface area contributed by atoms with Crippen LogP contribution >= 0.6 is 0 Å². The van der Waals surface area contributed by atoms with Gasteiger partial charge in [-0.1, -0.05) is 93.3 Å². The van der Waals surface area contributed by atoms with E-state index in [1.54, 1.807) is 6.08 Å². The molecule has 3 atom stereocenters. The fourth-order valence-electron chi connectivity index (χ4n) is 6.93. The summed E-state index contributed by atoms with van der Waals surface area (Å²) in [6, 6.07) is 0. The Labute approximate surface area is 304 Å². The summed E-state index contributed by atoms with van der Waals surface area (Å²) >= 11 is 0. The molecule has 3 aromatic heterocycles. The molecule has 9 nitrogen and oxygen atoms in total. The number of hydrogen-bond acceptors (Lipinski definition) is 4. The van der Waals surface area contributed by atoms with E-state index in [1.165, 1.54) is 7.11 Å². The van der Waals surface area contributed by atoms with Gasteiger partial charge in [0.1, 0.15) is 5.92 Å². The number of carboxylic acid groups (broad SMARTS) is 1. The van der Waals surface area contributed by atoms with Gasteiger partial charge in [0.2, 0.25) is 0 Å². The SMILES string of the molecule is C=Cc1c2[n-]c(c1C)/C=C1\[N-]/C(=C3\c4[n-]c(c(C)c4C(=O)[C@@H]3C(=O)OC)/C=c3\[n-]/c(c(C)c3CC)=C\2)[C@@H](CCC(=O)O)[C@@H]1C.CC(C)C.[Mg+2]. The van der Waals surface area contributed by atoms with Crippen molar-refractivity contribution in [1.82, 2.24) is 15.0 Å².